The van der Waals surface area contributed by atoms with Crippen molar-refractivity contribution in [3.05, 3.63) is 30.9 Å². The highest BCUT2D eigenvalue weighted by Gasteiger charge is 2.09. The second-order valence-corrected chi connectivity index (χ2v) is 2.65. The number of nitrogens with zero attached hydrogens (tertiary/aromatic N) is 2. The second-order valence-electron chi connectivity index (χ2n) is 2.65. The fourth-order valence-electron chi connectivity index (χ4n) is 1.14. The summed E-state index contributed by atoms with van der Waals surface area (Å²) in [5.74, 6) is 0.595. The number of ether oxygens (including phenoxy) is 1. The highest BCUT2D eigenvalue weighted by atomic mass is 16.5. The molecule has 0 amide bonds. The normalized spacial score (nSPS) is 8.12. The topological polar surface area (TPSA) is 27.1 Å². The van der Waals surface area contributed by atoms with Gasteiger partial charge in [0.05, 0.1) is 18.6 Å². The molecule has 0 radical (unpaired) electrons. The SMILES string of the molecule is C=Cc1c(C(=C)OCC)ncn1C.CC.CC. The lowest BCUT2D eigenvalue weighted by molar-refractivity contribution is 0.298. The molecule has 1 aromatic heterocycles. The van der Waals surface area contributed by atoms with Gasteiger partial charge < -0.3 is 9.30 Å². The molecule has 0 bridgehead atoms. The number of aryl methyl sites for hydroxylation is 1. The zero-order valence-electron chi connectivity index (χ0n) is 12.1. The molecule has 3 heteroatoms. The van der Waals surface area contributed by atoms with E-state index in [4.69, 9.17) is 4.74 Å². The van der Waals surface area contributed by atoms with E-state index < -0.39 is 0 Å². The van der Waals surface area contributed by atoms with Crippen LogP contribution in [0.15, 0.2) is 19.5 Å². The lowest BCUT2D eigenvalue weighted by Crippen LogP contribution is -1.95. The Balaban J connectivity index is 0. The van der Waals surface area contributed by atoms with E-state index in [1.54, 1.807) is 12.4 Å². The lowest BCUT2D eigenvalue weighted by atomic mass is 10.3. The van der Waals surface area contributed by atoms with Gasteiger partial charge in [0.2, 0.25) is 0 Å². The van der Waals surface area contributed by atoms with Crippen LogP contribution in [0.5, 0.6) is 0 Å². The van der Waals surface area contributed by atoms with E-state index in [0.717, 1.165) is 11.4 Å². The molecule has 0 aromatic carbocycles. The van der Waals surface area contributed by atoms with Crippen LogP contribution in [-0.4, -0.2) is 16.2 Å². The van der Waals surface area contributed by atoms with Crippen LogP contribution >= 0.6 is 0 Å². The standard InChI is InChI=1S/C10H14N2O.2C2H6/c1-5-9-10(8(3)13-6-2)11-7-12(9)4;2*1-2/h5,7H,1,3,6H2,2,4H3;2*1-2H3. The van der Waals surface area contributed by atoms with E-state index in [-0.39, 0.29) is 0 Å². The van der Waals surface area contributed by atoms with Crippen molar-refractivity contribution >= 4 is 11.8 Å². The fourth-order valence-corrected chi connectivity index (χ4v) is 1.14. The monoisotopic (exact) mass is 238 g/mol. The Labute approximate surface area is 106 Å². The predicted octanol–water partition coefficient (Wildman–Crippen LogP) is 4.12. The molecule has 0 aliphatic heterocycles. The largest absolute Gasteiger partial charge is 0.492 e. The summed E-state index contributed by atoms with van der Waals surface area (Å²) >= 11 is 0. The Morgan fingerprint density at radius 2 is 1.94 bits per heavy atom. The first-order valence-electron chi connectivity index (χ1n) is 6.16. The maximum absolute atomic E-state index is 5.27. The third-order valence-electron chi connectivity index (χ3n) is 1.76. The highest BCUT2D eigenvalue weighted by molar-refractivity contribution is 5.64. The summed E-state index contributed by atoms with van der Waals surface area (Å²) in [7, 11) is 1.91. The van der Waals surface area contributed by atoms with Crippen LogP contribution in [-0.2, 0) is 11.8 Å². The molecule has 17 heavy (non-hydrogen) atoms. The quantitative estimate of drug-likeness (QED) is 0.738. The Bertz CT molecular complexity index is 327. The number of rotatable bonds is 4. The molecule has 0 fully saturated rings. The fraction of sp³-hybridized carbons (Fsp3) is 0.500. The Kier molecular flexibility index (Phi) is 11.6. The van der Waals surface area contributed by atoms with Gasteiger partial charge in [-0.1, -0.05) is 40.9 Å². The van der Waals surface area contributed by atoms with Gasteiger partial charge >= 0.3 is 0 Å². The van der Waals surface area contributed by atoms with Gasteiger partial charge in [-0.05, 0) is 13.0 Å². The van der Waals surface area contributed by atoms with Gasteiger partial charge in [-0.3, -0.25) is 0 Å². The summed E-state index contributed by atoms with van der Waals surface area (Å²) in [5.41, 5.74) is 1.69. The van der Waals surface area contributed by atoms with Crippen molar-refractivity contribution in [3.8, 4) is 0 Å². The van der Waals surface area contributed by atoms with Gasteiger partial charge in [-0.2, -0.15) is 0 Å². The molecule has 0 saturated carbocycles. The first-order valence-corrected chi connectivity index (χ1v) is 6.16. The third-order valence-corrected chi connectivity index (χ3v) is 1.76. The van der Waals surface area contributed by atoms with E-state index in [9.17, 15) is 0 Å². The van der Waals surface area contributed by atoms with Crippen molar-refractivity contribution in [1.29, 1.82) is 0 Å². The van der Waals surface area contributed by atoms with Crippen LogP contribution < -0.4 is 0 Å². The van der Waals surface area contributed by atoms with E-state index in [0.29, 0.717) is 12.4 Å². The maximum atomic E-state index is 5.27. The molecule has 0 spiro atoms. The average Bonchev–Trinajstić information content (AvgIpc) is 2.75. The predicted molar refractivity (Wildman–Crippen MR) is 76.7 cm³/mol. The average molecular weight is 238 g/mol. The summed E-state index contributed by atoms with van der Waals surface area (Å²) < 4.78 is 7.15. The third kappa shape index (κ3) is 5.38. The molecule has 0 aliphatic rings. The Hall–Kier alpha value is -1.51. The minimum Gasteiger partial charge on any atom is -0.492 e. The van der Waals surface area contributed by atoms with E-state index in [1.807, 2.05) is 46.2 Å². The zero-order chi connectivity index (χ0) is 13.8. The van der Waals surface area contributed by atoms with Crippen LogP contribution in [0, 0.1) is 0 Å². The van der Waals surface area contributed by atoms with Gasteiger partial charge in [0.25, 0.3) is 0 Å². The van der Waals surface area contributed by atoms with Crippen molar-refractivity contribution < 1.29 is 4.74 Å². The number of aromatic nitrogens is 2. The number of hydrogen-bond donors (Lipinski definition) is 0. The Morgan fingerprint density at radius 1 is 1.41 bits per heavy atom. The van der Waals surface area contributed by atoms with Crippen molar-refractivity contribution in [1.82, 2.24) is 9.55 Å². The van der Waals surface area contributed by atoms with Crippen LogP contribution in [0.2, 0.25) is 0 Å². The lowest BCUT2D eigenvalue weighted by Gasteiger charge is -2.05. The van der Waals surface area contributed by atoms with Crippen LogP contribution in [0.25, 0.3) is 11.8 Å². The second kappa shape index (κ2) is 11.0. The summed E-state index contributed by atoms with van der Waals surface area (Å²) in [6.07, 6.45) is 3.46. The molecule has 1 heterocycles. The van der Waals surface area contributed by atoms with Crippen molar-refractivity contribution in [2.75, 3.05) is 6.61 Å². The first-order chi connectivity index (χ1) is 8.20. The van der Waals surface area contributed by atoms with Gasteiger partial charge in [0.15, 0.2) is 0 Å². The van der Waals surface area contributed by atoms with Crippen LogP contribution in [0.1, 0.15) is 46.0 Å². The molecule has 0 N–H and O–H groups in total. The summed E-state index contributed by atoms with van der Waals surface area (Å²) in [6.45, 7) is 18.0. The smallest absolute Gasteiger partial charge is 0.139 e. The van der Waals surface area contributed by atoms with Gasteiger partial charge in [0.1, 0.15) is 11.5 Å². The van der Waals surface area contributed by atoms with Crippen LogP contribution in [0.4, 0.5) is 0 Å². The van der Waals surface area contributed by atoms with E-state index in [1.165, 1.54) is 0 Å². The number of hydrogen-bond acceptors (Lipinski definition) is 2. The van der Waals surface area contributed by atoms with Crippen LogP contribution in [0.3, 0.4) is 0 Å². The van der Waals surface area contributed by atoms with Crippen molar-refractivity contribution in [2.24, 2.45) is 7.05 Å². The molecule has 98 valence electrons. The summed E-state index contributed by atoms with van der Waals surface area (Å²) in [6, 6.07) is 0. The van der Waals surface area contributed by atoms with Crippen molar-refractivity contribution in [3.63, 3.8) is 0 Å². The van der Waals surface area contributed by atoms with Crippen molar-refractivity contribution in [2.45, 2.75) is 34.6 Å². The maximum Gasteiger partial charge on any atom is 0.139 e. The molecule has 3 nitrogen and oxygen atoms in total. The molecule has 0 saturated heterocycles. The minimum absolute atomic E-state index is 0.595. The van der Waals surface area contributed by atoms with E-state index in [2.05, 4.69) is 18.1 Å². The zero-order valence-corrected chi connectivity index (χ0v) is 12.1. The Morgan fingerprint density at radius 3 is 2.35 bits per heavy atom. The molecule has 0 atom stereocenters. The van der Waals surface area contributed by atoms with Gasteiger partial charge in [0, 0.05) is 7.05 Å². The minimum atomic E-state index is 0.595. The molecule has 0 aliphatic carbocycles. The highest BCUT2D eigenvalue weighted by Crippen LogP contribution is 2.17. The first kappa shape index (κ1) is 17.9. The number of imidazole rings is 1. The molecule has 1 aromatic rings. The summed E-state index contributed by atoms with van der Waals surface area (Å²) in [4.78, 5) is 4.17. The molecular formula is C14H26N2O. The van der Waals surface area contributed by atoms with Gasteiger partial charge in [-0.25, -0.2) is 4.98 Å². The van der Waals surface area contributed by atoms with E-state index >= 15 is 0 Å². The molecule has 0 unspecified atom stereocenters. The van der Waals surface area contributed by atoms with Gasteiger partial charge in [-0.15, -0.1) is 0 Å². The molecule has 1 rings (SSSR count). The molecular weight excluding hydrogens is 212 g/mol. The summed E-state index contributed by atoms with van der Waals surface area (Å²) in [5, 5.41) is 0.